The molecular weight excluding hydrogens is 422 g/mol. The average Bonchev–Trinajstić information content (AvgIpc) is 2.84. The molecule has 2 fully saturated rings. The standard InChI is InChI=1S/C24H33N5O2S/c1-26-10-12-27(13-11-26)22-18-21(8-9-23(22)31-2)25-24(30)28-14-16-29(17-15-28)32-19-20-6-4-3-5-7-20/h3-9,18H,10-17,19H2,1-2H3,(H,25,30). The van der Waals surface area contributed by atoms with Gasteiger partial charge in [0.25, 0.3) is 0 Å². The van der Waals surface area contributed by atoms with Crippen molar-refractivity contribution < 1.29 is 9.53 Å². The van der Waals surface area contributed by atoms with Crippen molar-refractivity contribution in [1.82, 2.24) is 14.1 Å². The van der Waals surface area contributed by atoms with Crippen LogP contribution >= 0.6 is 11.9 Å². The van der Waals surface area contributed by atoms with Crippen LogP contribution in [0.4, 0.5) is 16.2 Å². The van der Waals surface area contributed by atoms with Crippen molar-refractivity contribution in [3.05, 3.63) is 54.1 Å². The van der Waals surface area contributed by atoms with Gasteiger partial charge in [-0.1, -0.05) is 42.3 Å². The minimum atomic E-state index is -0.0350. The number of methoxy groups -OCH3 is 1. The molecule has 0 atom stereocenters. The van der Waals surface area contributed by atoms with Gasteiger partial charge in [-0.2, -0.15) is 0 Å². The van der Waals surface area contributed by atoms with Crippen molar-refractivity contribution in [3.8, 4) is 5.75 Å². The van der Waals surface area contributed by atoms with Gasteiger partial charge >= 0.3 is 6.03 Å². The smallest absolute Gasteiger partial charge is 0.321 e. The number of urea groups is 1. The van der Waals surface area contributed by atoms with Crippen molar-refractivity contribution >= 4 is 29.4 Å². The fourth-order valence-electron chi connectivity index (χ4n) is 4.03. The number of ether oxygens (including phenoxy) is 1. The molecule has 2 aliphatic rings. The van der Waals surface area contributed by atoms with Gasteiger partial charge in [0.15, 0.2) is 0 Å². The molecule has 2 saturated heterocycles. The lowest BCUT2D eigenvalue weighted by atomic mass is 10.2. The Morgan fingerprint density at radius 1 is 0.969 bits per heavy atom. The maximum atomic E-state index is 12.9. The number of rotatable bonds is 6. The molecule has 0 aromatic heterocycles. The van der Waals surface area contributed by atoms with E-state index in [0.29, 0.717) is 0 Å². The molecule has 32 heavy (non-hydrogen) atoms. The van der Waals surface area contributed by atoms with Crippen molar-refractivity contribution in [3.63, 3.8) is 0 Å². The molecule has 0 unspecified atom stereocenters. The second-order valence-corrected chi connectivity index (χ2v) is 9.35. The van der Waals surface area contributed by atoms with Crippen LogP contribution in [0.25, 0.3) is 0 Å². The van der Waals surface area contributed by atoms with Gasteiger partial charge in [-0.25, -0.2) is 9.10 Å². The molecule has 0 saturated carbocycles. The number of nitrogens with one attached hydrogen (secondary N) is 1. The summed E-state index contributed by atoms with van der Waals surface area (Å²) in [6, 6.07) is 16.4. The lowest BCUT2D eigenvalue weighted by Gasteiger charge is -2.35. The van der Waals surface area contributed by atoms with Crippen LogP contribution in [0.3, 0.4) is 0 Å². The maximum absolute atomic E-state index is 12.9. The Balaban J connectivity index is 1.30. The summed E-state index contributed by atoms with van der Waals surface area (Å²) >= 11 is 1.84. The highest BCUT2D eigenvalue weighted by Crippen LogP contribution is 2.32. The van der Waals surface area contributed by atoms with Crippen LogP contribution in [0.5, 0.6) is 5.75 Å². The number of carbonyl (C=O) groups is 1. The highest BCUT2D eigenvalue weighted by atomic mass is 32.2. The van der Waals surface area contributed by atoms with E-state index in [0.717, 1.165) is 75.2 Å². The van der Waals surface area contributed by atoms with Crippen molar-refractivity contribution in [2.75, 3.05) is 76.7 Å². The normalized spacial score (nSPS) is 17.9. The zero-order valence-corrected chi connectivity index (χ0v) is 19.8. The molecule has 2 aromatic rings. The van der Waals surface area contributed by atoms with E-state index in [1.807, 2.05) is 41.1 Å². The summed E-state index contributed by atoms with van der Waals surface area (Å²) in [5.41, 5.74) is 3.18. The van der Waals surface area contributed by atoms with E-state index < -0.39 is 0 Å². The maximum Gasteiger partial charge on any atom is 0.321 e. The zero-order chi connectivity index (χ0) is 22.3. The molecule has 7 nitrogen and oxygen atoms in total. The van der Waals surface area contributed by atoms with E-state index in [9.17, 15) is 4.79 Å². The molecule has 2 aliphatic heterocycles. The first kappa shape index (κ1) is 22.8. The molecule has 0 bridgehead atoms. The molecule has 0 aliphatic carbocycles. The third kappa shape index (κ3) is 5.88. The fraction of sp³-hybridized carbons (Fsp3) is 0.458. The number of benzene rings is 2. The van der Waals surface area contributed by atoms with E-state index in [1.165, 1.54) is 5.56 Å². The molecule has 2 heterocycles. The molecule has 2 amide bonds. The van der Waals surface area contributed by atoms with Gasteiger partial charge in [0.1, 0.15) is 5.75 Å². The number of anilines is 2. The summed E-state index contributed by atoms with van der Waals surface area (Å²) in [5.74, 6) is 1.81. The molecular formula is C24H33N5O2S. The molecule has 1 N–H and O–H groups in total. The summed E-state index contributed by atoms with van der Waals surface area (Å²) in [4.78, 5) is 19.4. The van der Waals surface area contributed by atoms with Gasteiger partial charge in [-0.05, 0) is 30.8 Å². The van der Waals surface area contributed by atoms with E-state index in [-0.39, 0.29) is 6.03 Å². The Hall–Kier alpha value is -2.42. The second kappa shape index (κ2) is 10.9. The molecule has 2 aromatic carbocycles. The lowest BCUT2D eigenvalue weighted by molar-refractivity contribution is 0.188. The number of likely N-dealkylation sites (N-methyl/N-ethyl adjacent to an activating group) is 1. The van der Waals surface area contributed by atoms with Crippen LogP contribution in [-0.4, -0.2) is 86.7 Å². The Morgan fingerprint density at radius 3 is 2.38 bits per heavy atom. The van der Waals surface area contributed by atoms with Gasteiger partial charge in [0.05, 0.1) is 12.8 Å². The third-order valence-electron chi connectivity index (χ3n) is 6.06. The third-order valence-corrected chi connectivity index (χ3v) is 7.25. The Bertz CT molecular complexity index is 881. The van der Waals surface area contributed by atoms with Gasteiger partial charge in [-0.15, -0.1) is 0 Å². The Morgan fingerprint density at radius 2 is 1.69 bits per heavy atom. The lowest BCUT2D eigenvalue weighted by Crippen LogP contribution is -2.48. The summed E-state index contributed by atoms with van der Waals surface area (Å²) < 4.78 is 7.94. The monoisotopic (exact) mass is 455 g/mol. The molecule has 172 valence electrons. The number of amides is 2. The van der Waals surface area contributed by atoms with E-state index in [1.54, 1.807) is 7.11 Å². The second-order valence-electron chi connectivity index (χ2n) is 8.28. The quantitative estimate of drug-likeness (QED) is 0.674. The molecule has 0 spiro atoms. The first-order valence-corrected chi connectivity index (χ1v) is 12.2. The van der Waals surface area contributed by atoms with Gasteiger partial charge in [0.2, 0.25) is 0 Å². The number of hydrogen-bond acceptors (Lipinski definition) is 6. The van der Waals surface area contributed by atoms with Gasteiger partial charge in [0, 0.05) is 63.8 Å². The van der Waals surface area contributed by atoms with E-state index in [4.69, 9.17) is 4.74 Å². The number of hydrogen-bond donors (Lipinski definition) is 1. The first-order valence-electron chi connectivity index (χ1n) is 11.2. The summed E-state index contributed by atoms with van der Waals surface area (Å²) in [5, 5.41) is 3.09. The Kier molecular flexibility index (Phi) is 7.78. The Labute approximate surface area is 195 Å². The highest BCUT2D eigenvalue weighted by molar-refractivity contribution is 7.96. The van der Waals surface area contributed by atoms with Crippen LogP contribution in [0.15, 0.2) is 48.5 Å². The number of nitrogens with zero attached hydrogens (tertiary/aromatic N) is 4. The number of carbonyl (C=O) groups excluding carboxylic acids is 1. The molecule has 0 radical (unpaired) electrons. The van der Waals surface area contributed by atoms with Crippen molar-refractivity contribution in [2.24, 2.45) is 0 Å². The SMILES string of the molecule is COc1ccc(NC(=O)N2CCN(SCc3ccccc3)CC2)cc1N1CCN(C)CC1. The fourth-order valence-corrected chi connectivity index (χ4v) is 4.97. The van der Waals surface area contributed by atoms with E-state index >= 15 is 0 Å². The topological polar surface area (TPSA) is 51.3 Å². The highest BCUT2D eigenvalue weighted by Gasteiger charge is 2.23. The largest absolute Gasteiger partial charge is 0.495 e. The first-order chi connectivity index (χ1) is 15.6. The van der Waals surface area contributed by atoms with Crippen molar-refractivity contribution in [1.29, 1.82) is 0 Å². The average molecular weight is 456 g/mol. The summed E-state index contributed by atoms with van der Waals surface area (Å²) in [6.07, 6.45) is 0. The van der Waals surface area contributed by atoms with E-state index in [2.05, 4.69) is 50.7 Å². The predicted molar refractivity (Wildman–Crippen MR) is 133 cm³/mol. The molecule has 8 heteroatoms. The minimum absolute atomic E-state index is 0.0350. The summed E-state index contributed by atoms with van der Waals surface area (Å²) in [6.45, 7) is 7.16. The van der Waals surface area contributed by atoms with Crippen LogP contribution in [0.1, 0.15) is 5.56 Å². The summed E-state index contributed by atoms with van der Waals surface area (Å²) in [7, 11) is 3.84. The van der Waals surface area contributed by atoms with Gasteiger partial charge in [-0.3, -0.25) is 0 Å². The van der Waals surface area contributed by atoms with Crippen LogP contribution < -0.4 is 15.0 Å². The zero-order valence-electron chi connectivity index (χ0n) is 19.0. The molecule has 4 rings (SSSR count). The minimum Gasteiger partial charge on any atom is -0.495 e. The van der Waals surface area contributed by atoms with Gasteiger partial charge < -0.3 is 24.8 Å². The number of piperazine rings is 2. The van der Waals surface area contributed by atoms with Crippen LogP contribution in [-0.2, 0) is 5.75 Å². The predicted octanol–water partition coefficient (Wildman–Crippen LogP) is 3.44. The van der Waals surface area contributed by atoms with Crippen LogP contribution in [0, 0.1) is 0 Å². The van der Waals surface area contributed by atoms with Crippen LogP contribution in [0.2, 0.25) is 0 Å². The van der Waals surface area contributed by atoms with Crippen molar-refractivity contribution in [2.45, 2.75) is 5.75 Å².